The van der Waals surface area contributed by atoms with Crippen LogP contribution in [0.25, 0.3) is 0 Å². The maximum atomic E-state index is 14.4. The summed E-state index contributed by atoms with van der Waals surface area (Å²) in [5.74, 6) is -3.42. The number of carbonyl (C=O) groups excluding carboxylic acids is 1. The van der Waals surface area contributed by atoms with E-state index in [0.717, 1.165) is 13.0 Å². The molecule has 1 aliphatic rings. The van der Waals surface area contributed by atoms with Crippen LogP contribution in [-0.2, 0) is 5.41 Å². The molecule has 0 radical (unpaired) electrons. The standard InChI is InChI=1S/C20H20F3NO2/c1-19(22,23)20(10-11-20)14-6-9-17(16(21)12-14)26-15-7-4-13(5-8-15)18(25)24(2)3/h4-9,12H,10-11H2,1-3H3. The molecule has 0 N–H and O–H groups in total. The highest BCUT2D eigenvalue weighted by Gasteiger charge is 2.60. The Hall–Kier alpha value is -2.50. The maximum absolute atomic E-state index is 14.4. The van der Waals surface area contributed by atoms with Crippen LogP contribution in [0.3, 0.4) is 0 Å². The summed E-state index contributed by atoms with van der Waals surface area (Å²) >= 11 is 0. The van der Waals surface area contributed by atoms with Crippen LogP contribution in [0.4, 0.5) is 13.2 Å². The Bertz CT molecular complexity index is 822. The van der Waals surface area contributed by atoms with Gasteiger partial charge in [0.25, 0.3) is 11.8 Å². The van der Waals surface area contributed by atoms with Gasteiger partial charge in [-0.2, -0.15) is 0 Å². The molecule has 0 aliphatic heterocycles. The summed E-state index contributed by atoms with van der Waals surface area (Å²) < 4.78 is 47.5. The fourth-order valence-electron chi connectivity index (χ4n) is 3.04. The topological polar surface area (TPSA) is 29.5 Å². The van der Waals surface area contributed by atoms with Crippen molar-refractivity contribution in [3.8, 4) is 11.5 Å². The highest BCUT2D eigenvalue weighted by Crippen LogP contribution is 2.58. The Morgan fingerprint density at radius 2 is 1.73 bits per heavy atom. The minimum absolute atomic E-state index is 0.0457. The molecule has 2 aromatic rings. The minimum Gasteiger partial charge on any atom is -0.454 e. The molecule has 0 saturated heterocycles. The lowest BCUT2D eigenvalue weighted by atomic mass is 9.90. The second-order valence-electron chi connectivity index (χ2n) is 6.94. The van der Waals surface area contributed by atoms with Gasteiger partial charge in [0.1, 0.15) is 5.75 Å². The first-order valence-corrected chi connectivity index (χ1v) is 8.31. The van der Waals surface area contributed by atoms with Gasteiger partial charge in [-0.15, -0.1) is 0 Å². The van der Waals surface area contributed by atoms with Crippen molar-refractivity contribution in [1.29, 1.82) is 0 Å². The van der Waals surface area contributed by atoms with Crippen LogP contribution in [0.15, 0.2) is 42.5 Å². The van der Waals surface area contributed by atoms with Gasteiger partial charge in [0.05, 0.1) is 5.41 Å². The van der Waals surface area contributed by atoms with Gasteiger partial charge < -0.3 is 9.64 Å². The zero-order valence-corrected chi connectivity index (χ0v) is 14.9. The molecule has 138 valence electrons. The molecular weight excluding hydrogens is 343 g/mol. The first-order chi connectivity index (χ1) is 12.1. The third-order valence-electron chi connectivity index (χ3n) is 4.81. The van der Waals surface area contributed by atoms with Gasteiger partial charge >= 0.3 is 0 Å². The highest BCUT2D eigenvalue weighted by molar-refractivity contribution is 5.93. The number of alkyl halides is 2. The molecular formula is C20H20F3NO2. The van der Waals surface area contributed by atoms with E-state index in [0.29, 0.717) is 29.7 Å². The average molecular weight is 363 g/mol. The number of halogens is 3. The van der Waals surface area contributed by atoms with E-state index in [2.05, 4.69) is 0 Å². The van der Waals surface area contributed by atoms with Crippen LogP contribution in [-0.4, -0.2) is 30.8 Å². The molecule has 3 rings (SSSR count). The summed E-state index contributed by atoms with van der Waals surface area (Å²) in [6, 6.07) is 10.3. The van der Waals surface area contributed by atoms with E-state index < -0.39 is 17.2 Å². The summed E-state index contributed by atoms with van der Waals surface area (Å²) in [6.45, 7) is 0.874. The Morgan fingerprint density at radius 1 is 1.12 bits per heavy atom. The Labute approximate surface area is 150 Å². The SMILES string of the molecule is CN(C)C(=O)c1ccc(Oc2ccc(C3(C(C)(F)F)CC3)cc2F)cc1. The van der Waals surface area contributed by atoms with E-state index in [1.54, 1.807) is 38.4 Å². The number of carbonyl (C=O) groups is 1. The monoisotopic (exact) mass is 363 g/mol. The normalized spacial score (nSPS) is 15.5. The van der Waals surface area contributed by atoms with Crippen molar-refractivity contribution in [1.82, 2.24) is 4.90 Å². The number of hydrogen-bond donors (Lipinski definition) is 0. The lowest BCUT2D eigenvalue weighted by Crippen LogP contribution is -2.30. The van der Waals surface area contributed by atoms with Crippen molar-refractivity contribution in [2.75, 3.05) is 14.1 Å². The fraction of sp³-hybridized carbons (Fsp3) is 0.350. The molecule has 0 heterocycles. The molecule has 6 heteroatoms. The number of amides is 1. The summed E-state index contributed by atoms with van der Waals surface area (Å²) in [7, 11) is 3.30. The van der Waals surface area contributed by atoms with E-state index >= 15 is 0 Å². The lowest BCUT2D eigenvalue weighted by molar-refractivity contribution is -0.0200. The third-order valence-corrected chi connectivity index (χ3v) is 4.81. The van der Waals surface area contributed by atoms with Gasteiger partial charge in [0, 0.05) is 26.6 Å². The molecule has 0 aromatic heterocycles. The maximum Gasteiger partial charge on any atom is 0.254 e. The second kappa shape index (κ2) is 6.34. The molecule has 2 aromatic carbocycles. The molecule has 1 aliphatic carbocycles. The van der Waals surface area contributed by atoms with E-state index in [1.807, 2.05) is 0 Å². The Balaban J connectivity index is 1.78. The van der Waals surface area contributed by atoms with E-state index in [1.165, 1.54) is 17.0 Å². The average Bonchev–Trinajstić information content (AvgIpc) is 3.38. The number of ether oxygens (including phenoxy) is 1. The number of hydrogen-bond acceptors (Lipinski definition) is 2. The highest BCUT2D eigenvalue weighted by atomic mass is 19.3. The molecule has 0 unspecified atom stereocenters. The van der Waals surface area contributed by atoms with Crippen LogP contribution in [0.5, 0.6) is 11.5 Å². The van der Waals surface area contributed by atoms with Crippen molar-refractivity contribution in [2.45, 2.75) is 31.1 Å². The van der Waals surface area contributed by atoms with Gasteiger partial charge in [0.2, 0.25) is 0 Å². The van der Waals surface area contributed by atoms with E-state index in [9.17, 15) is 18.0 Å². The molecule has 26 heavy (non-hydrogen) atoms. The Morgan fingerprint density at radius 3 is 2.19 bits per heavy atom. The van der Waals surface area contributed by atoms with Gasteiger partial charge in [-0.1, -0.05) is 6.07 Å². The molecule has 0 atom stereocenters. The van der Waals surface area contributed by atoms with Crippen LogP contribution >= 0.6 is 0 Å². The predicted octanol–water partition coefficient (Wildman–Crippen LogP) is 5.01. The van der Waals surface area contributed by atoms with Crippen LogP contribution in [0, 0.1) is 5.82 Å². The largest absolute Gasteiger partial charge is 0.454 e. The van der Waals surface area contributed by atoms with Crippen molar-refractivity contribution >= 4 is 5.91 Å². The van der Waals surface area contributed by atoms with Gasteiger partial charge in [-0.25, -0.2) is 13.2 Å². The van der Waals surface area contributed by atoms with E-state index in [-0.39, 0.29) is 11.7 Å². The summed E-state index contributed by atoms with van der Waals surface area (Å²) in [5, 5.41) is 0. The van der Waals surface area contributed by atoms with Crippen molar-refractivity contribution in [2.24, 2.45) is 0 Å². The smallest absolute Gasteiger partial charge is 0.254 e. The summed E-state index contributed by atoms with van der Waals surface area (Å²) in [5.41, 5.74) is -0.485. The minimum atomic E-state index is -2.89. The predicted molar refractivity (Wildman–Crippen MR) is 92.5 cm³/mol. The quantitative estimate of drug-likeness (QED) is 0.748. The van der Waals surface area contributed by atoms with Crippen LogP contribution in [0.1, 0.15) is 35.7 Å². The van der Waals surface area contributed by atoms with E-state index in [4.69, 9.17) is 4.74 Å². The van der Waals surface area contributed by atoms with Crippen molar-refractivity contribution < 1.29 is 22.7 Å². The molecule has 1 saturated carbocycles. The third kappa shape index (κ3) is 3.28. The van der Waals surface area contributed by atoms with Crippen molar-refractivity contribution in [3.63, 3.8) is 0 Å². The molecule has 1 fully saturated rings. The first-order valence-electron chi connectivity index (χ1n) is 8.31. The molecule has 1 amide bonds. The fourth-order valence-corrected chi connectivity index (χ4v) is 3.04. The zero-order chi connectivity index (χ0) is 19.1. The first kappa shape index (κ1) is 18.3. The second-order valence-corrected chi connectivity index (χ2v) is 6.94. The number of rotatable bonds is 5. The molecule has 0 bridgehead atoms. The van der Waals surface area contributed by atoms with Gasteiger partial charge in [-0.05, 0) is 54.8 Å². The molecule has 0 spiro atoms. The summed E-state index contributed by atoms with van der Waals surface area (Å²) in [4.78, 5) is 13.3. The van der Waals surface area contributed by atoms with Crippen LogP contribution < -0.4 is 4.74 Å². The van der Waals surface area contributed by atoms with Crippen LogP contribution in [0.2, 0.25) is 0 Å². The number of nitrogens with zero attached hydrogens (tertiary/aromatic N) is 1. The van der Waals surface area contributed by atoms with Crippen molar-refractivity contribution in [3.05, 3.63) is 59.4 Å². The number of benzene rings is 2. The lowest BCUT2D eigenvalue weighted by Gasteiger charge is -2.23. The molecule has 3 nitrogen and oxygen atoms in total. The van der Waals surface area contributed by atoms with Gasteiger partial charge in [0.15, 0.2) is 11.6 Å². The zero-order valence-electron chi connectivity index (χ0n) is 14.9. The Kier molecular flexibility index (Phi) is 4.46. The van der Waals surface area contributed by atoms with Gasteiger partial charge in [-0.3, -0.25) is 4.79 Å². The summed E-state index contributed by atoms with van der Waals surface area (Å²) in [6.07, 6.45) is 0.690.